The number of phenolic OH excluding ortho intramolecular Hbond substituents is 5. The largest absolute Gasteiger partial charge is 0.508 e. The van der Waals surface area contributed by atoms with Crippen LogP contribution in [-0.4, -0.2) is 137 Å². The number of aromatic hydroxyl groups is 5. The second-order valence-electron chi connectivity index (χ2n) is 12.6. The minimum Gasteiger partial charge on any atom is -0.508 e. The van der Waals surface area contributed by atoms with Gasteiger partial charge in [0.1, 0.15) is 71.8 Å². The molecule has 0 aliphatic carbocycles. The van der Waals surface area contributed by atoms with Gasteiger partial charge in [-0.15, -0.1) is 0 Å². The minimum atomic E-state index is -2.03. The number of benzene rings is 3. The van der Waals surface area contributed by atoms with Crippen LogP contribution < -0.4 is 10.2 Å². The van der Waals surface area contributed by atoms with Gasteiger partial charge in [-0.05, 0) is 42.0 Å². The Labute approximate surface area is 308 Å². The standard InChI is InChI=1S/C36H36O19/c37-12-23-28(44)32(48)34(55-35-33(49)31(47)29(45)24(54-35)13-50-25(42)8-3-14-1-5-16(38)6-2-14)36(53-23)52-22-11-21-26(30(46)27(22)43)19(41)10-20(51-21)15-4-7-17(39)18(40)9-15/h1-11,23-24,28-29,31-40,43-49H,12-13H2/b8-3+/t23?,24?,28-,29-,31+,32+,33?,34?,35+,36-/m1/s1. The molecule has 294 valence electrons. The van der Waals surface area contributed by atoms with Crippen LogP contribution in [0, 0.1) is 0 Å². The van der Waals surface area contributed by atoms with Crippen molar-refractivity contribution in [3.05, 3.63) is 76.5 Å². The molecule has 3 aromatic carbocycles. The first-order valence-electron chi connectivity index (χ1n) is 16.5. The number of rotatable bonds is 10. The molecule has 2 aliphatic rings. The van der Waals surface area contributed by atoms with Crippen LogP contribution in [0.3, 0.4) is 0 Å². The fraction of sp³-hybridized carbons (Fsp3) is 0.333. The molecule has 0 saturated carbocycles. The van der Waals surface area contributed by atoms with Crippen molar-refractivity contribution in [2.24, 2.45) is 0 Å². The van der Waals surface area contributed by atoms with Crippen LogP contribution in [0.2, 0.25) is 0 Å². The van der Waals surface area contributed by atoms with Gasteiger partial charge in [0.05, 0.1) is 6.61 Å². The molecule has 4 aromatic rings. The van der Waals surface area contributed by atoms with Gasteiger partial charge in [0.15, 0.2) is 40.8 Å². The van der Waals surface area contributed by atoms with Crippen molar-refractivity contribution in [2.45, 2.75) is 61.4 Å². The number of fused-ring (bicyclic) bond motifs is 1. The third-order valence-corrected chi connectivity index (χ3v) is 8.91. The summed E-state index contributed by atoms with van der Waals surface area (Å²) in [5.74, 6) is -4.68. The van der Waals surface area contributed by atoms with Gasteiger partial charge in [0.2, 0.25) is 12.0 Å². The van der Waals surface area contributed by atoms with E-state index in [0.29, 0.717) is 5.56 Å². The van der Waals surface area contributed by atoms with E-state index in [9.17, 15) is 65.8 Å². The number of ether oxygens (including phenoxy) is 5. The van der Waals surface area contributed by atoms with E-state index in [2.05, 4.69) is 0 Å². The first kappa shape index (κ1) is 39.2. The smallest absolute Gasteiger partial charge is 0.330 e. The molecular weight excluding hydrogens is 736 g/mol. The van der Waals surface area contributed by atoms with Crippen LogP contribution in [0.4, 0.5) is 0 Å². The first-order valence-corrected chi connectivity index (χ1v) is 16.5. The summed E-state index contributed by atoms with van der Waals surface area (Å²) < 4.78 is 33.5. The van der Waals surface area contributed by atoms with Crippen molar-refractivity contribution in [3.8, 4) is 45.8 Å². The molecule has 0 spiro atoms. The van der Waals surface area contributed by atoms with E-state index in [4.69, 9.17) is 28.1 Å². The molecule has 2 fully saturated rings. The molecule has 19 nitrogen and oxygen atoms in total. The maximum Gasteiger partial charge on any atom is 0.330 e. The summed E-state index contributed by atoms with van der Waals surface area (Å²) >= 11 is 0. The zero-order valence-corrected chi connectivity index (χ0v) is 28.2. The van der Waals surface area contributed by atoms with Crippen molar-refractivity contribution in [2.75, 3.05) is 13.2 Å². The molecule has 10 atom stereocenters. The van der Waals surface area contributed by atoms with Crippen LogP contribution >= 0.6 is 0 Å². The van der Waals surface area contributed by atoms with Crippen molar-refractivity contribution in [1.82, 2.24) is 0 Å². The van der Waals surface area contributed by atoms with Gasteiger partial charge in [0, 0.05) is 23.8 Å². The number of aliphatic hydroxyl groups excluding tert-OH is 6. The predicted octanol–water partition coefficient (Wildman–Crippen LogP) is -0.745. The van der Waals surface area contributed by atoms with E-state index < -0.39 is 120 Å². The zero-order chi connectivity index (χ0) is 39.7. The summed E-state index contributed by atoms with van der Waals surface area (Å²) in [5, 5.41) is 114. The second kappa shape index (κ2) is 16.1. The van der Waals surface area contributed by atoms with Crippen molar-refractivity contribution < 1.29 is 89.1 Å². The highest BCUT2D eigenvalue weighted by Crippen LogP contribution is 2.43. The number of aliphatic hydroxyl groups is 6. The first-order chi connectivity index (χ1) is 26.2. The summed E-state index contributed by atoms with van der Waals surface area (Å²) in [7, 11) is 0. The summed E-state index contributed by atoms with van der Waals surface area (Å²) in [6.07, 6.45) is -16.1. The highest BCUT2D eigenvalue weighted by molar-refractivity contribution is 5.89. The lowest BCUT2D eigenvalue weighted by atomic mass is 9.97. The van der Waals surface area contributed by atoms with E-state index in [1.807, 2.05) is 0 Å². The number of esters is 1. The SMILES string of the molecule is O=C(/C=C/c1ccc(O)cc1)OCC1O[C@@H](OC2[C@H](Oc3cc4oc(-c5ccc(O)c(O)c5)cc(=O)c4c(O)c3O)OC(CO)[C@@H](O)[C@@H]2O)C(O)[C@@H](O)[C@@H]1O. The average Bonchev–Trinajstić information content (AvgIpc) is 3.16. The Morgan fingerprint density at radius 1 is 0.745 bits per heavy atom. The average molecular weight is 773 g/mol. The van der Waals surface area contributed by atoms with Gasteiger partial charge in [-0.2, -0.15) is 0 Å². The maximum atomic E-state index is 13.0. The molecule has 2 aliphatic heterocycles. The Kier molecular flexibility index (Phi) is 11.5. The molecule has 1 aromatic heterocycles. The Morgan fingerprint density at radius 2 is 1.44 bits per heavy atom. The number of carbonyl (C=O) groups excluding carboxylic acids is 1. The van der Waals surface area contributed by atoms with Gasteiger partial charge in [-0.3, -0.25) is 4.79 Å². The monoisotopic (exact) mass is 772 g/mol. The lowest BCUT2D eigenvalue weighted by molar-refractivity contribution is -0.358. The molecule has 55 heavy (non-hydrogen) atoms. The number of hydrogen-bond donors (Lipinski definition) is 11. The molecule has 19 heteroatoms. The van der Waals surface area contributed by atoms with Crippen molar-refractivity contribution >= 4 is 23.0 Å². The maximum absolute atomic E-state index is 13.0. The Morgan fingerprint density at radius 3 is 2.13 bits per heavy atom. The van der Waals surface area contributed by atoms with E-state index in [0.717, 1.165) is 30.3 Å². The van der Waals surface area contributed by atoms with Gasteiger partial charge in [-0.1, -0.05) is 12.1 Å². The van der Waals surface area contributed by atoms with Crippen LogP contribution in [-0.2, 0) is 23.7 Å². The number of phenols is 5. The quantitative estimate of drug-likeness (QED) is 0.0537. The molecule has 0 amide bonds. The topological polar surface area (TPSA) is 316 Å². The van der Waals surface area contributed by atoms with Crippen LogP contribution in [0.15, 0.2) is 69.9 Å². The number of hydrogen-bond acceptors (Lipinski definition) is 19. The molecule has 0 bridgehead atoms. The highest BCUT2D eigenvalue weighted by atomic mass is 16.8. The molecular formula is C36H36O19. The fourth-order valence-electron chi connectivity index (χ4n) is 5.88. The summed E-state index contributed by atoms with van der Waals surface area (Å²) in [6, 6.07) is 11.3. The van der Waals surface area contributed by atoms with E-state index in [1.54, 1.807) is 0 Å². The zero-order valence-electron chi connectivity index (χ0n) is 28.2. The van der Waals surface area contributed by atoms with E-state index >= 15 is 0 Å². The van der Waals surface area contributed by atoms with Gasteiger partial charge in [-0.25, -0.2) is 4.79 Å². The van der Waals surface area contributed by atoms with Gasteiger partial charge >= 0.3 is 5.97 Å². The Bertz CT molecular complexity index is 2100. The van der Waals surface area contributed by atoms with Crippen molar-refractivity contribution in [1.29, 1.82) is 0 Å². The minimum absolute atomic E-state index is 0.0130. The molecule has 4 unspecified atom stereocenters. The Hall–Kier alpha value is -5.48. The lowest BCUT2D eigenvalue weighted by Crippen LogP contribution is -2.65. The van der Waals surface area contributed by atoms with Crippen LogP contribution in [0.25, 0.3) is 28.4 Å². The van der Waals surface area contributed by atoms with Crippen LogP contribution in [0.5, 0.6) is 34.5 Å². The van der Waals surface area contributed by atoms with Crippen LogP contribution in [0.1, 0.15) is 5.56 Å². The van der Waals surface area contributed by atoms with E-state index in [1.165, 1.54) is 36.4 Å². The van der Waals surface area contributed by atoms with Gasteiger partial charge in [0.25, 0.3) is 0 Å². The normalized spacial score (nSPS) is 28.3. The third kappa shape index (κ3) is 8.15. The summed E-state index contributed by atoms with van der Waals surface area (Å²) in [4.78, 5) is 25.4. The lowest BCUT2D eigenvalue weighted by Gasteiger charge is -2.45. The summed E-state index contributed by atoms with van der Waals surface area (Å²) in [6.45, 7) is -1.55. The molecule has 0 radical (unpaired) electrons. The highest BCUT2D eigenvalue weighted by Gasteiger charge is 2.52. The van der Waals surface area contributed by atoms with E-state index in [-0.39, 0.29) is 22.7 Å². The van der Waals surface area contributed by atoms with Gasteiger partial charge < -0.3 is 84.3 Å². The third-order valence-electron chi connectivity index (χ3n) is 8.91. The molecule has 3 heterocycles. The fourth-order valence-corrected chi connectivity index (χ4v) is 5.88. The number of carbonyl (C=O) groups is 1. The van der Waals surface area contributed by atoms with Crippen molar-refractivity contribution in [3.63, 3.8) is 0 Å². The second-order valence-corrected chi connectivity index (χ2v) is 12.6. The molecule has 2 saturated heterocycles. The molecule has 11 N–H and O–H groups in total. The predicted molar refractivity (Wildman–Crippen MR) is 183 cm³/mol. The Balaban J connectivity index is 1.24. The molecule has 6 rings (SSSR count). The summed E-state index contributed by atoms with van der Waals surface area (Å²) in [5.41, 5.74) is -0.530.